The first-order valence-corrected chi connectivity index (χ1v) is 11.2. The van der Waals surface area contributed by atoms with Crippen LogP contribution in [0.4, 0.5) is 0 Å². The molecule has 0 saturated carbocycles. The molecule has 0 spiro atoms. The summed E-state index contributed by atoms with van der Waals surface area (Å²) in [5.74, 6) is 1.20. The lowest BCUT2D eigenvalue weighted by Crippen LogP contribution is -2.20. The third kappa shape index (κ3) is 5.97. The lowest BCUT2D eigenvalue weighted by atomic mass is 10.2. The van der Waals surface area contributed by atoms with Crippen LogP contribution in [0.15, 0.2) is 87.4 Å². The second-order valence-electron chi connectivity index (χ2n) is 6.84. The first-order chi connectivity index (χ1) is 16.1. The summed E-state index contributed by atoms with van der Waals surface area (Å²) in [6.45, 7) is 1.86. The topological polar surface area (TPSA) is 98.2 Å². The Morgan fingerprint density at radius 1 is 1.18 bits per heavy atom. The average Bonchev–Trinajstić information content (AvgIpc) is 3.49. The Morgan fingerprint density at radius 3 is 2.70 bits per heavy atom. The molecule has 10 heteroatoms. The highest BCUT2D eigenvalue weighted by molar-refractivity contribution is 7.99. The van der Waals surface area contributed by atoms with Crippen LogP contribution in [-0.2, 0) is 4.79 Å². The van der Waals surface area contributed by atoms with Gasteiger partial charge in [-0.1, -0.05) is 23.4 Å². The van der Waals surface area contributed by atoms with E-state index in [4.69, 9.17) is 16.0 Å². The second-order valence-corrected chi connectivity index (χ2v) is 8.22. The monoisotopic (exact) mass is 478 g/mol. The number of nitrogens with zero attached hydrogens (tertiary/aromatic N) is 5. The molecule has 0 unspecified atom stereocenters. The maximum Gasteiger partial charge on any atom is 0.250 e. The van der Waals surface area contributed by atoms with E-state index in [1.165, 1.54) is 11.8 Å². The molecule has 33 heavy (non-hydrogen) atoms. The van der Waals surface area contributed by atoms with Crippen LogP contribution in [-0.4, -0.2) is 37.6 Å². The number of carbonyl (C=O) groups is 1. The number of halogens is 1. The minimum absolute atomic E-state index is 0.111. The Balaban J connectivity index is 1.46. The van der Waals surface area contributed by atoms with Gasteiger partial charge in [0.05, 0.1) is 18.2 Å². The van der Waals surface area contributed by atoms with E-state index >= 15 is 0 Å². The summed E-state index contributed by atoms with van der Waals surface area (Å²) in [5.41, 5.74) is 5.04. The molecule has 1 aromatic carbocycles. The summed E-state index contributed by atoms with van der Waals surface area (Å²) in [4.78, 5) is 16.4. The molecule has 0 aliphatic carbocycles. The molecule has 0 radical (unpaired) electrons. The second kappa shape index (κ2) is 10.8. The van der Waals surface area contributed by atoms with Gasteiger partial charge in [0.1, 0.15) is 5.76 Å². The maximum atomic E-state index is 12.3. The van der Waals surface area contributed by atoms with Crippen LogP contribution in [0.1, 0.15) is 12.7 Å². The van der Waals surface area contributed by atoms with Gasteiger partial charge in [0, 0.05) is 28.7 Å². The summed E-state index contributed by atoms with van der Waals surface area (Å²) in [5, 5.41) is 13.8. The zero-order chi connectivity index (χ0) is 23.0. The maximum absolute atomic E-state index is 12.3. The molecule has 3 aromatic heterocycles. The third-order valence-corrected chi connectivity index (χ3v) is 5.54. The first-order valence-electron chi connectivity index (χ1n) is 9.88. The number of benzene rings is 1. The zero-order valence-corrected chi connectivity index (χ0v) is 19.1. The van der Waals surface area contributed by atoms with Gasteiger partial charge in [-0.05, 0) is 67.1 Å². The lowest BCUT2D eigenvalue weighted by molar-refractivity contribution is -0.118. The number of carbonyl (C=O) groups excluding carboxylic acids is 1. The van der Waals surface area contributed by atoms with Gasteiger partial charge in [0.15, 0.2) is 11.0 Å². The van der Waals surface area contributed by atoms with Crippen LogP contribution < -0.4 is 5.43 Å². The van der Waals surface area contributed by atoms with E-state index in [-0.39, 0.29) is 11.7 Å². The molecule has 0 saturated heterocycles. The number of thioether (sulfide) groups is 1. The van der Waals surface area contributed by atoms with E-state index in [0.29, 0.717) is 21.8 Å². The smallest absolute Gasteiger partial charge is 0.250 e. The minimum atomic E-state index is -0.266. The highest BCUT2D eigenvalue weighted by atomic mass is 35.5. The van der Waals surface area contributed by atoms with E-state index in [9.17, 15) is 4.79 Å². The molecule has 4 aromatic rings. The fraction of sp³-hybridized carbons (Fsp3) is 0.0870. The molecule has 0 aliphatic heterocycles. The van der Waals surface area contributed by atoms with E-state index < -0.39 is 0 Å². The number of aromatic nitrogens is 4. The van der Waals surface area contributed by atoms with Gasteiger partial charge >= 0.3 is 0 Å². The van der Waals surface area contributed by atoms with Crippen LogP contribution in [0, 0.1) is 0 Å². The van der Waals surface area contributed by atoms with Crippen LogP contribution >= 0.6 is 23.4 Å². The molecule has 3 heterocycles. The molecule has 0 bridgehead atoms. The molecule has 0 atom stereocenters. The number of amides is 1. The highest BCUT2D eigenvalue weighted by Gasteiger charge is 2.17. The van der Waals surface area contributed by atoms with Crippen molar-refractivity contribution in [1.29, 1.82) is 0 Å². The van der Waals surface area contributed by atoms with Crippen LogP contribution in [0.3, 0.4) is 0 Å². The number of pyridine rings is 1. The summed E-state index contributed by atoms with van der Waals surface area (Å²) in [6.07, 6.45) is 8.36. The molecule has 4 rings (SSSR count). The fourth-order valence-electron chi connectivity index (χ4n) is 2.88. The Kier molecular flexibility index (Phi) is 7.33. The average molecular weight is 479 g/mol. The van der Waals surface area contributed by atoms with Crippen molar-refractivity contribution >= 4 is 41.6 Å². The Bertz CT molecular complexity index is 1270. The summed E-state index contributed by atoms with van der Waals surface area (Å²) in [7, 11) is 0. The van der Waals surface area contributed by atoms with Crippen molar-refractivity contribution in [2.45, 2.75) is 12.1 Å². The molecule has 1 amide bonds. The largest absolute Gasteiger partial charge is 0.465 e. The van der Waals surface area contributed by atoms with Crippen molar-refractivity contribution in [3.05, 3.63) is 83.5 Å². The normalized spacial score (nSPS) is 11.8. The van der Waals surface area contributed by atoms with E-state index in [0.717, 1.165) is 16.8 Å². The van der Waals surface area contributed by atoms with Gasteiger partial charge in [0.25, 0.3) is 5.91 Å². The molecule has 8 nitrogen and oxygen atoms in total. The van der Waals surface area contributed by atoms with Crippen LogP contribution in [0.5, 0.6) is 0 Å². The number of furan rings is 1. The number of nitrogens with one attached hydrogen (secondary N) is 1. The Hall–Kier alpha value is -3.69. The van der Waals surface area contributed by atoms with E-state index in [2.05, 4.69) is 25.7 Å². The van der Waals surface area contributed by atoms with Gasteiger partial charge in [-0.15, -0.1) is 10.2 Å². The standard InChI is InChI=1S/C23H19ClN6O2S/c1-16(13-20-3-2-12-32-20)14-26-27-21(31)15-33-23-29-28-22(17-8-10-25-11-9-17)30(23)19-6-4-18(24)5-7-19/h2-14H,15H2,1H3,(H,27,31)/b16-13+,26-14-. The van der Waals surface area contributed by atoms with Crippen molar-refractivity contribution in [1.82, 2.24) is 25.2 Å². The SMILES string of the molecule is CC(/C=N\NC(=O)CSc1nnc(-c2ccncc2)n1-c1ccc(Cl)cc1)=C\c1ccco1. The molecular weight excluding hydrogens is 460 g/mol. The van der Waals surface area contributed by atoms with Crippen molar-refractivity contribution in [2.75, 3.05) is 5.75 Å². The Labute approximate surface area is 199 Å². The molecular formula is C23H19ClN6O2S. The third-order valence-electron chi connectivity index (χ3n) is 4.36. The van der Waals surface area contributed by atoms with Crippen molar-refractivity contribution < 1.29 is 9.21 Å². The van der Waals surface area contributed by atoms with Gasteiger partial charge in [-0.25, -0.2) is 5.43 Å². The van der Waals surface area contributed by atoms with Crippen molar-refractivity contribution in [3.63, 3.8) is 0 Å². The predicted molar refractivity (Wildman–Crippen MR) is 129 cm³/mol. The molecule has 0 aliphatic rings. The predicted octanol–water partition coefficient (Wildman–Crippen LogP) is 4.87. The Morgan fingerprint density at radius 2 is 1.97 bits per heavy atom. The number of hydrazone groups is 1. The van der Waals surface area contributed by atoms with Crippen molar-refractivity contribution in [2.24, 2.45) is 5.10 Å². The highest BCUT2D eigenvalue weighted by Crippen LogP contribution is 2.28. The lowest BCUT2D eigenvalue weighted by Gasteiger charge is -2.10. The summed E-state index contributed by atoms with van der Waals surface area (Å²) in [6, 6.07) is 14.7. The van der Waals surface area contributed by atoms with Crippen LogP contribution in [0.2, 0.25) is 5.02 Å². The van der Waals surface area contributed by atoms with E-state index in [1.807, 2.05) is 47.9 Å². The zero-order valence-electron chi connectivity index (χ0n) is 17.6. The molecule has 0 fully saturated rings. The number of rotatable bonds is 8. The first kappa shape index (κ1) is 22.5. The van der Waals surface area contributed by atoms with Crippen molar-refractivity contribution in [3.8, 4) is 17.1 Å². The van der Waals surface area contributed by atoms with Gasteiger partial charge < -0.3 is 4.42 Å². The number of hydrogen-bond donors (Lipinski definition) is 1. The number of allylic oxidation sites excluding steroid dienone is 1. The summed E-state index contributed by atoms with van der Waals surface area (Å²) >= 11 is 7.31. The van der Waals surface area contributed by atoms with Gasteiger partial charge in [-0.3, -0.25) is 14.3 Å². The van der Waals surface area contributed by atoms with E-state index in [1.54, 1.807) is 43.1 Å². The van der Waals surface area contributed by atoms with Crippen LogP contribution in [0.25, 0.3) is 23.2 Å². The fourth-order valence-corrected chi connectivity index (χ4v) is 3.75. The van der Waals surface area contributed by atoms with Gasteiger partial charge in [-0.2, -0.15) is 5.10 Å². The summed E-state index contributed by atoms with van der Waals surface area (Å²) < 4.78 is 7.13. The number of hydrogen-bond acceptors (Lipinski definition) is 7. The minimum Gasteiger partial charge on any atom is -0.465 e. The van der Waals surface area contributed by atoms with Gasteiger partial charge in [0.2, 0.25) is 0 Å². The molecule has 166 valence electrons. The molecule has 1 N–H and O–H groups in total. The quantitative estimate of drug-likeness (QED) is 0.220.